The van der Waals surface area contributed by atoms with Crippen LogP contribution in [-0.4, -0.2) is 25.3 Å². The minimum Gasteiger partial charge on any atom is -0.497 e. The second kappa shape index (κ2) is 7.49. The van der Waals surface area contributed by atoms with E-state index in [0.29, 0.717) is 17.0 Å². The number of carbonyl (C=O) groups excluding carboxylic acids is 2. The second-order valence-corrected chi connectivity index (χ2v) is 5.97. The van der Waals surface area contributed by atoms with Crippen molar-refractivity contribution in [3.8, 4) is 5.75 Å². The van der Waals surface area contributed by atoms with Crippen LogP contribution in [0.25, 0.3) is 0 Å². The Morgan fingerprint density at radius 3 is 2.38 bits per heavy atom. The van der Waals surface area contributed by atoms with E-state index >= 15 is 0 Å². The average molecular weight is 374 g/mol. The Hall–Kier alpha value is -2.99. The van der Waals surface area contributed by atoms with Crippen LogP contribution < -0.4 is 10.1 Å². The molecule has 1 N–H and O–H groups in total. The van der Waals surface area contributed by atoms with Gasteiger partial charge in [0.25, 0.3) is 6.29 Å². The number of rotatable bonds is 5. The molecule has 0 aliphatic carbocycles. The molecule has 0 saturated carbocycles. The molecule has 1 heterocycles. The van der Waals surface area contributed by atoms with E-state index in [4.69, 9.17) is 25.8 Å². The molecule has 0 fully saturated rings. The number of nitrogens with one attached hydrogen (secondary N) is 1. The molecular formula is C19H16ClNO5. The molecular weight excluding hydrogens is 358 g/mol. The lowest BCUT2D eigenvalue weighted by atomic mass is 10.1. The summed E-state index contributed by atoms with van der Waals surface area (Å²) in [7, 11) is 1.56. The molecule has 0 spiro atoms. The van der Waals surface area contributed by atoms with Crippen LogP contribution in [0.5, 0.6) is 5.75 Å². The maximum Gasteiger partial charge on any atom is 0.355 e. The number of benzene rings is 2. The Morgan fingerprint density at radius 1 is 1.12 bits per heavy atom. The summed E-state index contributed by atoms with van der Waals surface area (Å²) in [5.41, 5.74) is 2.16. The van der Waals surface area contributed by atoms with Crippen molar-refractivity contribution >= 4 is 29.2 Å². The number of esters is 2. The summed E-state index contributed by atoms with van der Waals surface area (Å²) in [4.78, 5) is 24.1. The highest BCUT2D eigenvalue weighted by Crippen LogP contribution is 2.29. The maximum absolute atomic E-state index is 12.3. The van der Waals surface area contributed by atoms with E-state index < -0.39 is 18.2 Å². The van der Waals surface area contributed by atoms with Crippen molar-refractivity contribution in [1.29, 1.82) is 0 Å². The van der Waals surface area contributed by atoms with Gasteiger partial charge in [-0.2, -0.15) is 0 Å². The first-order chi connectivity index (χ1) is 12.5. The molecule has 3 rings (SSSR count). The molecule has 2 aromatic carbocycles. The molecule has 0 unspecified atom stereocenters. The summed E-state index contributed by atoms with van der Waals surface area (Å²) >= 11 is 6.01. The Bertz CT molecular complexity index is 859. The predicted molar refractivity (Wildman–Crippen MR) is 96.0 cm³/mol. The molecule has 2 aromatic rings. The van der Waals surface area contributed by atoms with Gasteiger partial charge in [-0.1, -0.05) is 29.3 Å². The van der Waals surface area contributed by atoms with Crippen LogP contribution in [0.3, 0.4) is 0 Å². The van der Waals surface area contributed by atoms with E-state index in [1.807, 2.05) is 6.92 Å². The first-order valence-corrected chi connectivity index (χ1v) is 8.15. The normalized spacial score (nSPS) is 16.3. The minimum absolute atomic E-state index is 0.164. The molecule has 0 radical (unpaired) electrons. The summed E-state index contributed by atoms with van der Waals surface area (Å²) in [6.45, 7) is 1.91. The van der Waals surface area contributed by atoms with Crippen LogP contribution >= 0.6 is 11.6 Å². The van der Waals surface area contributed by atoms with Crippen molar-refractivity contribution in [1.82, 2.24) is 0 Å². The fraction of sp³-hybridized carbons (Fsp3) is 0.158. The third-order valence-electron chi connectivity index (χ3n) is 3.74. The lowest BCUT2D eigenvalue weighted by Gasteiger charge is -2.16. The van der Waals surface area contributed by atoms with Gasteiger partial charge in [-0.25, -0.2) is 9.59 Å². The van der Waals surface area contributed by atoms with Crippen molar-refractivity contribution in [2.24, 2.45) is 0 Å². The molecule has 0 aromatic heterocycles. The van der Waals surface area contributed by atoms with E-state index in [-0.39, 0.29) is 10.7 Å². The van der Waals surface area contributed by atoms with Crippen molar-refractivity contribution in [3.63, 3.8) is 0 Å². The quantitative estimate of drug-likeness (QED) is 0.807. The largest absolute Gasteiger partial charge is 0.497 e. The summed E-state index contributed by atoms with van der Waals surface area (Å²) < 4.78 is 15.4. The van der Waals surface area contributed by atoms with Gasteiger partial charge in [-0.3, -0.25) is 0 Å². The zero-order valence-corrected chi connectivity index (χ0v) is 14.9. The highest BCUT2D eigenvalue weighted by molar-refractivity contribution is 6.42. The van der Waals surface area contributed by atoms with Gasteiger partial charge < -0.3 is 19.5 Å². The van der Waals surface area contributed by atoms with E-state index in [0.717, 1.165) is 5.56 Å². The number of methoxy groups -OCH3 is 1. The lowest BCUT2D eigenvalue weighted by molar-refractivity contribution is -0.152. The molecule has 26 heavy (non-hydrogen) atoms. The Labute approximate surface area is 155 Å². The van der Waals surface area contributed by atoms with Crippen LogP contribution in [0.15, 0.2) is 59.3 Å². The number of ether oxygens (including phenoxy) is 3. The topological polar surface area (TPSA) is 73.9 Å². The van der Waals surface area contributed by atoms with Crippen LogP contribution in [0, 0.1) is 6.92 Å². The summed E-state index contributed by atoms with van der Waals surface area (Å²) in [5.74, 6) is -0.704. The zero-order chi connectivity index (χ0) is 18.7. The summed E-state index contributed by atoms with van der Waals surface area (Å²) in [6.07, 6.45) is -1.24. The van der Waals surface area contributed by atoms with Gasteiger partial charge in [0, 0.05) is 5.69 Å². The number of hydrogen-bond donors (Lipinski definition) is 1. The molecule has 6 nitrogen and oxygen atoms in total. The number of cyclic esters (lactones) is 1. The van der Waals surface area contributed by atoms with Crippen molar-refractivity contribution in [3.05, 3.63) is 70.4 Å². The molecule has 0 saturated heterocycles. The number of anilines is 1. The number of halogens is 1. The van der Waals surface area contributed by atoms with Crippen molar-refractivity contribution in [2.75, 3.05) is 12.4 Å². The first-order valence-electron chi connectivity index (χ1n) is 7.77. The van der Waals surface area contributed by atoms with Gasteiger partial charge in [0.15, 0.2) is 5.03 Å². The van der Waals surface area contributed by atoms with Gasteiger partial charge in [-0.15, -0.1) is 0 Å². The third kappa shape index (κ3) is 3.81. The predicted octanol–water partition coefficient (Wildman–Crippen LogP) is 3.61. The van der Waals surface area contributed by atoms with Crippen LogP contribution in [0.1, 0.15) is 15.9 Å². The van der Waals surface area contributed by atoms with Crippen LogP contribution in [-0.2, 0) is 14.3 Å². The van der Waals surface area contributed by atoms with Gasteiger partial charge in [0.2, 0.25) is 0 Å². The molecule has 1 aliphatic heterocycles. The number of aryl methyl sites for hydroxylation is 1. The highest BCUT2D eigenvalue weighted by atomic mass is 35.5. The van der Waals surface area contributed by atoms with E-state index in [2.05, 4.69) is 5.32 Å². The van der Waals surface area contributed by atoms with E-state index in [1.165, 1.54) is 0 Å². The van der Waals surface area contributed by atoms with Gasteiger partial charge in [-0.05, 0) is 43.3 Å². The number of hydrogen-bond acceptors (Lipinski definition) is 6. The lowest BCUT2D eigenvalue weighted by Crippen LogP contribution is -2.24. The Balaban J connectivity index is 1.76. The second-order valence-electron chi connectivity index (χ2n) is 5.59. The fourth-order valence-electron chi connectivity index (χ4n) is 2.30. The average Bonchev–Trinajstić information content (AvgIpc) is 2.90. The summed E-state index contributed by atoms with van der Waals surface area (Å²) in [5, 5.41) is 2.79. The molecule has 1 atom stereocenters. The van der Waals surface area contributed by atoms with Gasteiger partial charge in [0.1, 0.15) is 11.4 Å². The van der Waals surface area contributed by atoms with Crippen molar-refractivity contribution in [2.45, 2.75) is 13.2 Å². The SMILES string of the molecule is COc1ccc(NC2=C(Cl)C(=O)O[C@H]2OC(=O)c2ccc(C)cc2)cc1. The van der Waals surface area contributed by atoms with Crippen molar-refractivity contribution < 1.29 is 23.8 Å². The third-order valence-corrected chi connectivity index (χ3v) is 4.09. The molecule has 0 amide bonds. The van der Waals surface area contributed by atoms with E-state index in [9.17, 15) is 9.59 Å². The molecule has 134 valence electrons. The molecule has 0 bridgehead atoms. The monoisotopic (exact) mass is 373 g/mol. The molecule has 7 heteroatoms. The van der Waals surface area contributed by atoms with Gasteiger partial charge >= 0.3 is 11.9 Å². The van der Waals surface area contributed by atoms with Crippen LogP contribution in [0.2, 0.25) is 0 Å². The zero-order valence-electron chi connectivity index (χ0n) is 14.1. The molecule has 1 aliphatic rings. The number of carbonyl (C=O) groups is 2. The highest BCUT2D eigenvalue weighted by Gasteiger charge is 2.36. The maximum atomic E-state index is 12.3. The van der Waals surface area contributed by atoms with Crippen LogP contribution in [0.4, 0.5) is 5.69 Å². The summed E-state index contributed by atoms with van der Waals surface area (Å²) in [6, 6.07) is 13.8. The standard InChI is InChI=1S/C19H16ClNO5/c1-11-3-5-12(6-4-11)17(22)25-19-16(15(20)18(23)26-19)21-13-7-9-14(24-2)10-8-13/h3-10,19,21H,1-2H3/t19-/m1/s1. The van der Waals surface area contributed by atoms with Gasteiger partial charge in [0.05, 0.1) is 12.7 Å². The first kappa shape index (κ1) is 17.8. The fourth-order valence-corrected chi connectivity index (χ4v) is 2.48. The minimum atomic E-state index is -1.24. The Kier molecular flexibility index (Phi) is 5.14. The smallest absolute Gasteiger partial charge is 0.355 e. The Morgan fingerprint density at radius 2 is 1.77 bits per heavy atom. The van der Waals surface area contributed by atoms with E-state index in [1.54, 1.807) is 55.6 Å².